The van der Waals surface area contributed by atoms with Gasteiger partial charge in [0.15, 0.2) is 0 Å². The topological polar surface area (TPSA) is 32.8 Å². The number of rotatable bonds is 2. The second kappa shape index (κ2) is 4.46. The molecule has 0 spiro atoms. The van der Waals surface area contributed by atoms with Crippen LogP contribution in [0.5, 0.6) is 0 Å². The molecule has 0 aromatic heterocycles. The van der Waals surface area contributed by atoms with E-state index < -0.39 is 0 Å². The minimum Gasteiger partial charge on any atom is -0.457 e. The second-order valence-corrected chi connectivity index (χ2v) is 3.28. The number of hydrogen-bond donors (Lipinski definition) is 0. The minimum absolute atomic E-state index is 0.234. The third kappa shape index (κ3) is 2.34. The molecular weight excluding hydrogens is 168 g/mol. The molecule has 1 heterocycles. The van der Waals surface area contributed by atoms with E-state index in [1.54, 1.807) is 4.90 Å². The first-order valence-electron chi connectivity index (χ1n) is 4.59. The highest BCUT2D eigenvalue weighted by molar-refractivity contribution is 5.67. The Bertz CT molecular complexity index is 184. The maximum Gasteiger partial charge on any atom is 0.409 e. The molecule has 1 rings (SSSR count). The van der Waals surface area contributed by atoms with Crippen molar-refractivity contribution < 1.29 is 9.53 Å². The molecule has 1 amide bonds. The lowest BCUT2D eigenvalue weighted by atomic mass is 10.2. The van der Waals surface area contributed by atoms with Crippen LogP contribution in [0.25, 0.3) is 0 Å². The van der Waals surface area contributed by atoms with Gasteiger partial charge in [0.25, 0.3) is 0 Å². The molecule has 1 aliphatic heterocycles. The Labute approximate surface area is 79.4 Å². The molecule has 0 saturated carbocycles. The van der Waals surface area contributed by atoms with Gasteiger partial charge in [0, 0.05) is 12.6 Å². The minimum atomic E-state index is -0.234. The van der Waals surface area contributed by atoms with Gasteiger partial charge in [-0.2, -0.15) is 0 Å². The quantitative estimate of drug-likeness (QED) is 0.600. The number of hydrogen-bond acceptors (Lipinski definition) is 3. The van der Waals surface area contributed by atoms with Crippen LogP contribution in [0.15, 0.2) is 0 Å². The first-order valence-corrected chi connectivity index (χ1v) is 4.59. The fourth-order valence-electron chi connectivity index (χ4n) is 1.72. The van der Waals surface area contributed by atoms with E-state index in [9.17, 15) is 4.79 Å². The van der Waals surface area contributed by atoms with Crippen molar-refractivity contribution in [3.05, 3.63) is 7.05 Å². The largest absolute Gasteiger partial charge is 0.457 e. The standard InChI is InChI=1S/C9H17N2O2/c1-4-11(9(12)13-3)8-5-6-10(2)7-8/h8H,2,4-7H2,1,3H3/q-1/t8-/m0/s1. The Balaban J connectivity index is 2.51. The molecule has 0 aromatic carbocycles. The van der Waals surface area contributed by atoms with E-state index >= 15 is 0 Å². The number of nitrogens with zero attached hydrogens (tertiary/aromatic N) is 2. The smallest absolute Gasteiger partial charge is 0.409 e. The van der Waals surface area contributed by atoms with Crippen molar-refractivity contribution in [3.63, 3.8) is 0 Å². The molecule has 0 unspecified atom stereocenters. The van der Waals surface area contributed by atoms with Gasteiger partial charge >= 0.3 is 6.09 Å². The fourth-order valence-corrected chi connectivity index (χ4v) is 1.72. The lowest BCUT2D eigenvalue weighted by molar-refractivity contribution is 0.109. The molecular formula is C9H17N2O2-. The first kappa shape index (κ1) is 10.3. The summed E-state index contributed by atoms with van der Waals surface area (Å²) in [4.78, 5) is 15.0. The summed E-state index contributed by atoms with van der Waals surface area (Å²) in [6, 6.07) is 0.273. The number of likely N-dealkylation sites (N-methyl/N-ethyl adjacent to an activating group) is 1. The van der Waals surface area contributed by atoms with Crippen molar-refractivity contribution in [2.24, 2.45) is 0 Å². The number of likely N-dealkylation sites (tertiary alicyclic amines) is 1. The number of methoxy groups -OCH3 is 1. The van der Waals surface area contributed by atoms with Gasteiger partial charge in [-0.3, -0.25) is 7.05 Å². The molecule has 4 nitrogen and oxygen atoms in total. The highest BCUT2D eigenvalue weighted by Gasteiger charge is 2.26. The third-order valence-electron chi connectivity index (χ3n) is 2.44. The summed E-state index contributed by atoms with van der Waals surface area (Å²) >= 11 is 0. The SMILES string of the molecule is [CH2-]N1CC[C@H](N(CC)C(=O)OC)C1. The molecule has 1 atom stereocenters. The van der Waals surface area contributed by atoms with E-state index in [0.29, 0.717) is 6.54 Å². The molecule has 0 bridgehead atoms. The predicted molar refractivity (Wildman–Crippen MR) is 50.1 cm³/mol. The van der Waals surface area contributed by atoms with Crippen LogP contribution in [0.2, 0.25) is 0 Å². The van der Waals surface area contributed by atoms with Crippen LogP contribution in [0.4, 0.5) is 4.79 Å². The molecule has 0 aliphatic carbocycles. The van der Waals surface area contributed by atoms with Gasteiger partial charge in [0.2, 0.25) is 0 Å². The van der Waals surface area contributed by atoms with Gasteiger partial charge in [0.1, 0.15) is 0 Å². The third-order valence-corrected chi connectivity index (χ3v) is 2.44. The summed E-state index contributed by atoms with van der Waals surface area (Å²) in [7, 11) is 5.26. The maximum atomic E-state index is 11.3. The highest BCUT2D eigenvalue weighted by Crippen LogP contribution is 2.14. The average molecular weight is 185 g/mol. The molecule has 0 N–H and O–H groups in total. The second-order valence-electron chi connectivity index (χ2n) is 3.28. The summed E-state index contributed by atoms with van der Waals surface area (Å²) in [5.74, 6) is 0. The molecule has 4 heteroatoms. The summed E-state index contributed by atoms with van der Waals surface area (Å²) in [5, 5.41) is 0. The van der Waals surface area contributed by atoms with E-state index in [1.165, 1.54) is 7.11 Å². The molecule has 1 aliphatic rings. The molecule has 1 saturated heterocycles. The molecule has 0 aromatic rings. The van der Waals surface area contributed by atoms with Crippen molar-refractivity contribution in [2.45, 2.75) is 19.4 Å². The van der Waals surface area contributed by atoms with Gasteiger partial charge in [-0.15, -0.1) is 0 Å². The summed E-state index contributed by atoms with van der Waals surface area (Å²) in [6.45, 7) is 4.47. The molecule has 0 radical (unpaired) electrons. The van der Waals surface area contributed by atoms with Crippen molar-refractivity contribution >= 4 is 6.09 Å². The lowest BCUT2D eigenvalue weighted by Gasteiger charge is -2.27. The zero-order valence-corrected chi connectivity index (χ0v) is 8.32. The Kier molecular flexibility index (Phi) is 3.54. The number of ether oxygens (including phenoxy) is 1. The van der Waals surface area contributed by atoms with E-state index in [2.05, 4.69) is 7.05 Å². The van der Waals surface area contributed by atoms with Crippen molar-refractivity contribution in [2.75, 3.05) is 26.7 Å². The maximum absolute atomic E-state index is 11.3. The van der Waals surface area contributed by atoms with Crippen LogP contribution in [-0.2, 0) is 4.74 Å². The Morgan fingerprint density at radius 2 is 2.46 bits per heavy atom. The number of carbonyl (C=O) groups excluding carboxylic acids is 1. The van der Waals surface area contributed by atoms with Gasteiger partial charge < -0.3 is 14.5 Å². The van der Waals surface area contributed by atoms with Crippen molar-refractivity contribution in [1.82, 2.24) is 9.80 Å². The van der Waals surface area contributed by atoms with Gasteiger partial charge in [0.05, 0.1) is 7.11 Å². The van der Waals surface area contributed by atoms with E-state index in [1.807, 2.05) is 11.8 Å². The normalized spacial score (nSPS) is 23.2. The van der Waals surface area contributed by atoms with Crippen molar-refractivity contribution in [1.29, 1.82) is 0 Å². The van der Waals surface area contributed by atoms with Gasteiger partial charge in [-0.1, -0.05) is 0 Å². The fraction of sp³-hybridized carbons (Fsp3) is 0.778. The Morgan fingerprint density at radius 3 is 2.85 bits per heavy atom. The highest BCUT2D eigenvalue weighted by atomic mass is 16.5. The Hall–Kier alpha value is -0.770. The summed E-state index contributed by atoms with van der Waals surface area (Å²) in [6.07, 6.45) is 0.759. The van der Waals surface area contributed by atoms with Crippen LogP contribution in [-0.4, -0.2) is 48.7 Å². The monoisotopic (exact) mass is 185 g/mol. The van der Waals surface area contributed by atoms with Gasteiger partial charge in [-0.05, 0) is 26.4 Å². The van der Waals surface area contributed by atoms with Crippen LogP contribution in [0, 0.1) is 7.05 Å². The summed E-state index contributed by atoms with van der Waals surface area (Å²) < 4.78 is 4.70. The molecule has 13 heavy (non-hydrogen) atoms. The number of carbonyl (C=O) groups is 1. The predicted octanol–water partition coefficient (Wildman–Crippen LogP) is 0.941. The average Bonchev–Trinajstić information content (AvgIpc) is 2.53. The zero-order chi connectivity index (χ0) is 9.84. The van der Waals surface area contributed by atoms with Crippen LogP contribution >= 0.6 is 0 Å². The molecule has 76 valence electrons. The number of amides is 1. The van der Waals surface area contributed by atoms with Crippen LogP contribution in [0.3, 0.4) is 0 Å². The van der Waals surface area contributed by atoms with Gasteiger partial charge in [-0.25, -0.2) is 4.79 Å². The first-order chi connectivity index (χ1) is 6.19. The zero-order valence-electron chi connectivity index (χ0n) is 8.32. The van der Waals surface area contributed by atoms with E-state index in [-0.39, 0.29) is 12.1 Å². The van der Waals surface area contributed by atoms with Crippen molar-refractivity contribution in [3.8, 4) is 0 Å². The van der Waals surface area contributed by atoms with E-state index in [4.69, 9.17) is 4.74 Å². The van der Waals surface area contributed by atoms with Crippen LogP contribution < -0.4 is 0 Å². The van der Waals surface area contributed by atoms with Crippen LogP contribution in [0.1, 0.15) is 13.3 Å². The Morgan fingerprint density at radius 1 is 1.77 bits per heavy atom. The summed E-state index contributed by atoms with van der Waals surface area (Å²) in [5.41, 5.74) is 0. The van der Waals surface area contributed by atoms with E-state index in [0.717, 1.165) is 19.5 Å². The molecule has 1 fully saturated rings. The lowest BCUT2D eigenvalue weighted by Crippen LogP contribution is -2.41.